The van der Waals surface area contributed by atoms with Gasteiger partial charge < -0.3 is 19.5 Å². The van der Waals surface area contributed by atoms with Gasteiger partial charge >= 0.3 is 0 Å². The van der Waals surface area contributed by atoms with E-state index in [9.17, 15) is 9.59 Å². The fourth-order valence-corrected chi connectivity index (χ4v) is 2.85. The fraction of sp³-hybridized carbons (Fsp3) is 0.333. The number of carbonyl (C=O) groups is 2. The second-order valence-electron chi connectivity index (χ2n) is 6.28. The van der Waals surface area contributed by atoms with E-state index in [1.165, 1.54) is 0 Å². The standard InChI is InChI=1S/C21H23NO5/c1-3-25-17-7-4-15(5-8-17)18(23)9-11-21(24)22-14(2)16-6-10-19-20(12-16)27-13-26-19/h4-8,10,12,14H,3,9,11,13H2,1-2H3,(H,22,24)/t14-/m1/s1. The molecule has 0 saturated carbocycles. The van der Waals surface area contributed by atoms with Crippen LogP contribution < -0.4 is 19.5 Å². The summed E-state index contributed by atoms with van der Waals surface area (Å²) in [6, 6.07) is 12.4. The van der Waals surface area contributed by atoms with Gasteiger partial charge in [0.2, 0.25) is 12.7 Å². The Morgan fingerprint density at radius 3 is 2.56 bits per heavy atom. The SMILES string of the molecule is CCOc1ccc(C(=O)CCC(=O)N[C@H](C)c2ccc3c(c2)OCO3)cc1. The Balaban J connectivity index is 1.49. The minimum absolute atomic E-state index is 0.0658. The summed E-state index contributed by atoms with van der Waals surface area (Å²) in [5, 5.41) is 2.91. The number of ketones is 1. The number of hydrogen-bond donors (Lipinski definition) is 1. The van der Waals surface area contributed by atoms with Gasteiger partial charge in [-0.2, -0.15) is 0 Å². The van der Waals surface area contributed by atoms with Crippen molar-refractivity contribution in [3.63, 3.8) is 0 Å². The number of rotatable bonds is 8. The molecule has 1 atom stereocenters. The molecule has 27 heavy (non-hydrogen) atoms. The van der Waals surface area contributed by atoms with E-state index in [0.717, 1.165) is 11.3 Å². The zero-order valence-corrected chi connectivity index (χ0v) is 15.5. The van der Waals surface area contributed by atoms with Gasteiger partial charge in [0.25, 0.3) is 0 Å². The van der Waals surface area contributed by atoms with Crippen molar-refractivity contribution in [1.82, 2.24) is 5.32 Å². The Bertz CT molecular complexity index is 816. The van der Waals surface area contributed by atoms with Crippen molar-refractivity contribution in [2.24, 2.45) is 0 Å². The van der Waals surface area contributed by atoms with Gasteiger partial charge in [0.1, 0.15) is 5.75 Å². The molecule has 0 aliphatic carbocycles. The van der Waals surface area contributed by atoms with Crippen molar-refractivity contribution in [3.8, 4) is 17.2 Å². The molecule has 6 nitrogen and oxygen atoms in total. The lowest BCUT2D eigenvalue weighted by atomic mass is 10.1. The van der Waals surface area contributed by atoms with Gasteiger partial charge in [-0.15, -0.1) is 0 Å². The van der Waals surface area contributed by atoms with Crippen molar-refractivity contribution in [1.29, 1.82) is 0 Å². The highest BCUT2D eigenvalue weighted by Crippen LogP contribution is 2.34. The minimum atomic E-state index is -0.187. The van der Waals surface area contributed by atoms with Crippen LogP contribution in [0.3, 0.4) is 0 Å². The molecule has 1 aliphatic heterocycles. The number of carbonyl (C=O) groups excluding carboxylic acids is 2. The molecule has 0 spiro atoms. The molecule has 0 fully saturated rings. The molecule has 2 aromatic rings. The van der Waals surface area contributed by atoms with E-state index in [1.807, 2.05) is 32.0 Å². The Kier molecular flexibility index (Phi) is 5.96. The van der Waals surface area contributed by atoms with Crippen LogP contribution in [0, 0.1) is 0 Å². The topological polar surface area (TPSA) is 73.9 Å². The van der Waals surface area contributed by atoms with E-state index in [2.05, 4.69) is 5.32 Å². The summed E-state index contributed by atoms with van der Waals surface area (Å²) in [4.78, 5) is 24.4. The lowest BCUT2D eigenvalue weighted by Crippen LogP contribution is -2.26. The van der Waals surface area contributed by atoms with Crippen LogP contribution >= 0.6 is 0 Å². The molecule has 3 rings (SSSR count). The van der Waals surface area contributed by atoms with Crippen LogP contribution in [0.2, 0.25) is 0 Å². The third kappa shape index (κ3) is 4.78. The Morgan fingerprint density at radius 1 is 1.07 bits per heavy atom. The molecule has 0 aromatic heterocycles. The summed E-state index contributed by atoms with van der Waals surface area (Å²) in [5.41, 5.74) is 1.50. The predicted molar refractivity (Wildman–Crippen MR) is 100 cm³/mol. The van der Waals surface area contributed by atoms with Gasteiger partial charge in [-0.3, -0.25) is 9.59 Å². The number of Topliss-reactive ketones (excluding diaryl/α,β-unsaturated/α-hetero) is 1. The largest absolute Gasteiger partial charge is 0.494 e. The molecule has 1 amide bonds. The van der Waals surface area contributed by atoms with E-state index in [1.54, 1.807) is 24.3 Å². The molecule has 0 bridgehead atoms. The summed E-state index contributed by atoms with van der Waals surface area (Å²) in [6.45, 7) is 4.59. The minimum Gasteiger partial charge on any atom is -0.494 e. The lowest BCUT2D eigenvalue weighted by molar-refractivity contribution is -0.121. The Morgan fingerprint density at radius 2 is 1.81 bits per heavy atom. The Hall–Kier alpha value is -3.02. The highest BCUT2D eigenvalue weighted by atomic mass is 16.7. The maximum atomic E-state index is 12.3. The van der Waals surface area contributed by atoms with Gasteiger partial charge in [-0.1, -0.05) is 6.07 Å². The molecule has 1 aliphatic rings. The quantitative estimate of drug-likeness (QED) is 0.719. The third-order valence-corrected chi connectivity index (χ3v) is 4.34. The van der Waals surface area contributed by atoms with E-state index >= 15 is 0 Å². The molecule has 0 radical (unpaired) electrons. The van der Waals surface area contributed by atoms with Crippen molar-refractivity contribution in [3.05, 3.63) is 53.6 Å². The number of hydrogen-bond acceptors (Lipinski definition) is 5. The average Bonchev–Trinajstić information content (AvgIpc) is 3.14. The van der Waals surface area contributed by atoms with Gasteiger partial charge in [0.15, 0.2) is 17.3 Å². The Labute approximate surface area is 158 Å². The monoisotopic (exact) mass is 369 g/mol. The van der Waals surface area contributed by atoms with Crippen LogP contribution in [-0.4, -0.2) is 25.1 Å². The smallest absolute Gasteiger partial charge is 0.231 e. The lowest BCUT2D eigenvalue weighted by Gasteiger charge is -2.14. The normalized spacial score (nSPS) is 13.1. The van der Waals surface area contributed by atoms with Gasteiger partial charge in [-0.25, -0.2) is 0 Å². The molecule has 1 N–H and O–H groups in total. The molecule has 6 heteroatoms. The second kappa shape index (κ2) is 8.58. The number of nitrogens with one attached hydrogen (secondary N) is 1. The number of benzene rings is 2. The summed E-state index contributed by atoms with van der Waals surface area (Å²) in [6.07, 6.45) is 0.300. The number of amides is 1. The number of fused-ring (bicyclic) bond motifs is 1. The summed E-state index contributed by atoms with van der Waals surface area (Å²) < 4.78 is 16.0. The highest BCUT2D eigenvalue weighted by molar-refractivity contribution is 5.98. The summed E-state index contributed by atoms with van der Waals surface area (Å²) in [7, 11) is 0. The zero-order valence-electron chi connectivity index (χ0n) is 15.5. The number of ether oxygens (including phenoxy) is 3. The van der Waals surface area contributed by atoms with Gasteiger partial charge in [0.05, 0.1) is 12.6 Å². The van der Waals surface area contributed by atoms with Gasteiger partial charge in [0, 0.05) is 18.4 Å². The summed E-state index contributed by atoms with van der Waals surface area (Å²) in [5.74, 6) is 1.88. The molecule has 0 unspecified atom stereocenters. The van der Waals surface area contributed by atoms with Crippen LogP contribution in [0.5, 0.6) is 17.2 Å². The average molecular weight is 369 g/mol. The van der Waals surface area contributed by atoms with Crippen LogP contribution in [0.1, 0.15) is 48.7 Å². The predicted octanol–water partition coefficient (Wildman–Crippen LogP) is 3.65. The second-order valence-corrected chi connectivity index (χ2v) is 6.28. The van der Waals surface area contributed by atoms with Crippen molar-refractivity contribution >= 4 is 11.7 Å². The third-order valence-electron chi connectivity index (χ3n) is 4.34. The van der Waals surface area contributed by atoms with Crippen LogP contribution in [0.25, 0.3) is 0 Å². The molecule has 142 valence electrons. The van der Waals surface area contributed by atoms with Crippen LogP contribution in [0.15, 0.2) is 42.5 Å². The van der Waals surface area contributed by atoms with E-state index in [-0.39, 0.29) is 37.4 Å². The van der Waals surface area contributed by atoms with E-state index in [0.29, 0.717) is 23.7 Å². The maximum Gasteiger partial charge on any atom is 0.231 e. The fourth-order valence-electron chi connectivity index (χ4n) is 2.85. The first-order valence-corrected chi connectivity index (χ1v) is 9.01. The molecule has 2 aromatic carbocycles. The van der Waals surface area contributed by atoms with Crippen molar-refractivity contribution in [2.75, 3.05) is 13.4 Å². The molecule has 0 saturated heterocycles. The summed E-state index contributed by atoms with van der Waals surface area (Å²) >= 11 is 0. The zero-order chi connectivity index (χ0) is 19.2. The molecular weight excluding hydrogens is 346 g/mol. The molecular formula is C21H23NO5. The highest BCUT2D eigenvalue weighted by Gasteiger charge is 2.17. The van der Waals surface area contributed by atoms with Crippen LogP contribution in [0.4, 0.5) is 0 Å². The van der Waals surface area contributed by atoms with Gasteiger partial charge in [-0.05, 0) is 55.8 Å². The van der Waals surface area contributed by atoms with E-state index < -0.39 is 0 Å². The first-order chi connectivity index (χ1) is 13.1. The first kappa shape index (κ1) is 18.8. The van der Waals surface area contributed by atoms with Crippen molar-refractivity contribution in [2.45, 2.75) is 32.7 Å². The maximum absolute atomic E-state index is 12.3. The van der Waals surface area contributed by atoms with Crippen LogP contribution in [-0.2, 0) is 4.79 Å². The van der Waals surface area contributed by atoms with Crippen molar-refractivity contribution < 1.29 is 23.8 Å². The molecule has 1 heterocycles. The van der Waals surface area contributed by atoms with E-state index in [4.69, 9.17) is 14.2 Å². The first-order valence-electron chi connectivity index (χ1n) is 9.01.